The molecule has 1 aliphatic heterocycles. The maximum atomic E-state index is 6.45. The highest BCUT2D eigenvalue weighted by atomic mass is 16.5. The predicted octanol–water partition coefficient (Wildman–Crippen LogP) is 3.55. The van der Waals surface area contributed by atoms with Crippen LogP contribution in [0.4, 0.5) is 0 Å². The van der Waals surface area contributed by atoms with Crippen molar-refractivity contribution in [2.75, 3.05) is 13.7 Å². The van der Waals surface area contributed by atoms with Crippen LogP contribution in [0.3, 0.4) is 0 Å². The average molecular weight is 277 g/mol. The maximum Gasteiger partial charge on any atom is 0.118 e. The first-order valence-electron chi connectivity index (χ1n) is 7.49. The summed E-state index contributed by atoms with van der Waals surface area (Å²) in [5.41, 5.74) is 1.12. The van der Waals surface area contributed by atoms with Gasteiger partial charge in [0.05, 0.1) is 18.8 Å². The Hall–Kier alpha value is -1.06. The van der Waals surface area contributed by atoms with Crippen molar-refractivity contribution >= 4 is 0 Å². The minimum absolute atomic E-state index is 0.0920. The largest absolute Gasteiger partial charge is 0.497 e. The minimum atomic E-state index is -0.0920. The third-order valence-electron chi connectivity index (χ3n) is 3.95. The Morgan fingerprint density at radius 1 is 1.35 bits per heavy atom. The van der Waals surface area contributed by atoms with Gasteiger partial charge in [0.2, 0.25) is 0 Å². The molecule has 0 saturated carbocycles. The molecule has 3 atom stereocenters. The molecule has 1 saturated heterocycles. The molecule has 1 fully saturated rings. The molecule has 0 spiro atoms. The Balaban J connectivity index is 2.15. The second-order valence-corrected chi connectivity index (χ2v) is 6.53. The fourth-order valence-electron chi connectivity index (χ4n) is 3.07. The van der Waals surface area contributed by atoms with Gasteiger partial charge in [-0.15, -0.1) is 0 Å². The zero-order valence-corrected chi connectivity index (χ0v) is 13.3. The van der Waals surface area contributed by atoms with Crippen LogP contribution in [0, 0.1) is 5.92 Å². The van der Waals surface area contributed by atoms with Crippen molar-refractivity contribution in [2.45, 2.75) is 51.9 Å². The summed E-state index contributed by atoms with van der Waals surface area (Å²) in [6.45, 7) is 9.80. The van der Waals surface area contributed by atoms with Gasteiger partial charge in [-0.2, -0.15) is 0 Å². The fourth-order valence-corrected chi connectivity index (χ4v) is 3.07. The van der Waals surface area contributed by atoms with Gasteiger partial charge in [0.1, 0.15) is 5.75 Å². The molecule has 1 aromatic carbocycles. The Morgan fingerprint density at radius 2 is 2.00 bits per heavy atom. The zero-order chi connectivity index (χ0) is 14.8. The second-order valence-electron chi connectivity index (χ2n) is 6.53. The molecule has 0 amide bonds. The average Bonchev–Trinajstić information content (AvgIpc) is 2.41. The SMILES string of the molecule is COc1ccc(C2OC(C)(CC(C)C)CNC2C)cc1. The van der Waals surface area contributed by atoms with E-state index in [1.165, 1.54) is 5.56 Å². The van der Waals surface area contributed by atoms with Gasteiger partial charge in [0.15, 0.2) is 0 Å². The molecule has 0 radical (unpaired) electrons. The van der Waals surface area contributed by atoms with Gasteiger partial charge in [-0.05, 0) is 43.9 Å². The van der Waals surface area contributed by atoms with Gasteiger partial charge in [0.25, 0.3) is 0 Å². The van der Waals surface area contributed by atoms with E-state index >= 15 is 0 Å². The number of nitrogens with one attached hydrogen (secondary N) is 1. The summed E-state index contributed by atoms with van der Waals surface area (Å²) >= 11 is 0. The van der Waals surface area contributed by atoms with E-state index in [2.05, 4.69) is 45.1 Å². The van der Waals surface area contributed by atoms with Crippen molar-refractivity contribution in [1.82, 2.24) is 5.32 Å². The summed E-state index contributed by atoms with van der Waals surface area (Å²) in [5, 5.41) is 3.60. The lowest BCUT2D eigenvalue weighted by molar-refractivity contribution is -0.133. The number of hydrogen-bond donors (Lipinski definition) is 1. The van der Waals surface area contributed by atoms with Crippen LogP contribution < -0.4 is 10.1 Å². The number of ether oxygens (including phenoxy) is 2. The van der Waals surface area contributed by atoms with E-state index < -0.39 is 0 Å². The lowest BCUT2D eigenvalue weighted by Crippen LogP contribution is -2.53. The molecule has 0 aliphatic carbocycles. The van der Waals surface area contributed by atoms with E-state index in [1.54, 1.807) is 7.11 Å². The maximum absolute atomic E-state index is 6.45. The van der Waals surface area contributed by atoms with E-state index in [9.17, 15) is 0 Å². The van der Waals surface area contributed by atoms with Crippen molar-refractivity contribution in [3.05, 3.63) is 29.8 Å². The zero-order valence-electron chi connectivity index (χ0n) is 13.3. The molecule has 112 valence electrons. The lowest BCUT2D eigenvalue weighted by Gasteiger charge is -2.44. The van der Waals surface area contributed by atoms with Crippen LogP contribution in [0.2, 0.25) is 0 Å². The lowest BCUT2D eigenvalue weighted by atomic mass is 9.89. The summed E-state index contributed by atoms with van der Waals surface area (Å²) in [5.74, 6) is 1.52. The molecule has 1 aromatic rings. The summed E-state index contributed by atoms with van der Waals surface area (Å²) in [7, 11) is 1.69. The van der Waals surface area contributed by atoms with E-state index in [4.69, 9.17) is 9.47 Å². The molecule has 1 aliphatic rings. The Kier molecular flexibility index (Phi) is 4.71. The molecular weight excluding hydrogens is 250 g/mol. The third kappa shape index (κ3) is 3.53. The van der Waals surface area contributed by atoms with Crippen molar-refractivity contribution < 1.29 is 9.47 Å². The smallest absolute Gasteiger partial charge is 0.118 e. The van der Waals surface area contributed by atoms with Crippen molar-refractivity contribution in [3.63, 3.8) is 0 Å². The van der Waals surface area contributed by atoms with Gasteiger partial charge in [-0.3, -0.25) is 0 Å². The predicted molar refractivity (Wildman–Crippen MR) is 82.1 cm³/mol. The van der Waals surface area contributed by atoms with Gasteiger partial charge in [-0.1, -0.05) is 26.0 Å². The summed E-state index contributed by atoms with van der Waals surface area (Å²) in [6.07, 6.45) is 1.16. The molecule has 2 rings (SSSR count). The van der Waals surface area contributed by atoms with Crippen LogP contribution in [0.5, 0.6) is 5.75 Å². The van der Waals surface area contributed by atoms with Crippen LogP contribution >= 0.6 is 0 Å². The Bertz CT molecular complexity index is 429. The molecule has 1 heterocycles. The molecular formula is C17H27NO2. The summed E-state index contributed by atoms with van der Waals surface area (Å²) < 4.78 is 11.7. The van der Waals surface area contributed by atoms with Crippen molar-refractivity contribution in [2.24, 2.45) is 5.92 Å². The number of morpholine rings is 1. The van der Waals surface area contributed by atoms with E-state index in [1.807, 2.05) is 12.1 Å². The van der Waals surface area contributed by atoms with Crippen LogP contribution in [0.1, 0.15) is 45.8 Å². The number of hydrogen-bond acceptors (Lipinski definition) is 3. The number of benzene rings is 1. The van der Waals surface area contributed by atoms with Crippen LogP contribution in [0.25, 0.3) is 0 Å². The van der Waals surface area contributed by atoms with E-state index in [0.29, 0.717) is 12.0 Å². The summed E-state index contributed by atoms with van der Waals surface area (Å²) in [6, 6.07) is 8.52. The number of rotatable bonds is 4. The van der Waals surface area contributed by atoms with E-state index in [-0.39, 0.29) is 11.7 Å². The van der Waals surface area contributed by atoms with Crippen molar-refractivity contribution in [1.29, 1.82) is 0 Å². The van der Waals surface area contributed by atoms with Crippen LogP contribution in [0.15, 0.2) is 24.3 Å². The molecule has 0 bridgehead atoms. The van der Waals surface area contributed by atoms with Gasteiger partial charge < -0.3 is 14.8 Å². The van der Waals surface area contributed by atoms with Gasteiger partial charge >= 0.3 is 0 Å². The third-order valence-corrected chi connectivity index (χ3v) is 3.95. The monoisotopic (exact) mass is 277 g/mol. The molecule has 3 unspecified atom stereocenters. The Labute approximate surface area is 122 Å². The first-order valence-corrected chi connectivity index (χ1v) is 7.49. The first-order chi connectivity index (χ1) is 9.43. The Morgan fingerprint density at radius 3 is 2.55 bits per heavy atom. The normalized spacial score (nSPS) is 30.5. The topological polar surface area (TPSA) is 30.5 Å². The first kappa shape index (κ1) is 15.3. The molecule has 0 aromatic heterocycles. The standard InChI is InChI=1S/C17H27NO2/c1-12(2)10-17(4)11-18-13(3)16(20-17)14-6-8-15(19-5)9-7-14/h6-9,12-13,16,18H,10-11H2,1-5H3. The van der Waals surface area contributed by atoms with E-state index in [0.717, 1.165) is 18.7 Å². The highest BCUT2D eigenvalue weighted by molar-refractivity contribution is 5.29. The molecule has 20 heavy (non-hydrogen) atoms. The number of methoxy groups -OCH3 is 1. The van der Waals surface area contributed by atoms with Gasteiger partial charge in [0, 0.05) is 12.6 Å². The highest BCUT2D eigenvalue weighted by Gasteiger charge is 2.37. The second kappa shape index (κ2) is 6.15. The summed E-state index contributed by atoms with van der Waals surface area (Å²) in [4.78, 5) is 0. The molecule has 1 N–H and O–H groups in total. The van der Waals surface area contributed by atoms with Gasteiger partial charge in [-0.25, -0.2) is 0 Å². The minimum Gasteiger partial charge on any atom is -0.497 e. The molecule has 3 nitrogen and oxygen atoms in total. The van der Waals surface area contributed by atoms with Crippen molar-refractivity contribution in [3.8, 4) is 5.75 Å². The highest BCUT2D eigenvalue weighted by Crippen LogP contribution is 2.34. The fraction of sp³-hybridized carbons (Fsp3) is 0.647. The van der Waals surface area contributed by atoms with Crippen LogP contribution in [-0.2, 0) is 4.74 Å². The molecule has 3 heteroatoms. The quantitative estimate of drug-likeness (QED) is 0.913. The van der Waals surface area contributed by atoms with Crippen LogP contribution in [-0.4, -0.2) is 25.3 Å².